The molecule has 1 nitrogen and oxygen atoms in total. The second kappa shape index (κ2) is 5.61. The van der Waals surface area contributed by atoms with Crippen LogP contribution in [-0.2, 0) is 17.6 Å². The largest absolute Gasteiger partial charge is 0.299 e. The number of halogens is 1. The minimum absolute atomic E-state index is 0.267. The molecule has 88 valence electrons. The lowest BCUT2D eigenvalue weighted by Gasteiger charge is -2.00. The van der Waals surface area contributed by atoms with Crippen molar-refractivity contribution in [1.29, 1.82) is 0 Å². The van der Waals surface area contributed by atoms with E-state index in [2.05, 4.69) is 22.9 Å². The van der Waals surface area contributed by atoms with Gasteiger partial charge < -0.3 is 0 Å². The number of rotatable bonds is 4. The van der Waals surface area contributed by atoms with E-state index in [1.807, 2.05) is 36.4 Å². The number of benzene rings is 1. The Morgan fingerprint density at radius 2 is 1.82 bits per heavy atom. The number of thiophene rings is 1. The van der Waals surface area contributed by atoms with Crippen molar-refractivity contribution >= 4 is 33.0 Å². The molecule has 2 rings (SSSR count). The van der Waals surface area contributed by atoms with Gasteiger partial charge in [0.05, 0.1) is 3.79 Å². The summed E-state index contributed by atoms with van der Waals surface area (Å²) in [5, 5.41) is 0. The standard InChI is InChI=1S/C14H13BrOS/c1-10-2-4-11(5-3-10)8-12(16)9-13-6-7-14(15)17-13/h2-7H,8-9H2,1H3. The van der Waals surface area contributed by atoms with E-state index in [9.17, 15) is 4.79 Å². The van der Waals surface area contributed by atoms with Crippen LogP contribution in [0.15, 0.2) is 40.2 Å². The second-order valence-electron chi connectivity index (χ2n) is 4.08. The normalized spacial score (nSPS) is 10.5. The van der Waals surface area contributed by atoms with Gasteiger partial charge in [0.15, 0.2) is 0 Å². The Morgan fingerprint density at radius 1 is 1.12 bits per heavy atom. The summed E-state index contributed by atoms with van der Waals surface area (Å²) in [4.78, 5) is 13.0. The molecular formula is C14H13BrOS. The molecule has 1 aromatic carbocycles. The summed E-state index contributed by atoms with van der Waals surface area (Å²) in [5.74, 6) is 0.267. The first-order chi connectivity index (χ1) is 8.13. The van der Waals surface area contributed by atoms with Crippen molar-refractivity contribution in [3.8, 4) is 0 Å². The molecule has 3 heteroatoms. The number of carbonyl (C=O) groups is 1. The molecule has 1 heterocycles. The zero-order valence-corrected chi connectivity index (χ0v) is 12.0. The lowest BCUT2D eigenvalue weighted by atomic mass is 10.1. The molecule has 0 unspecified atom stereocenters. The third kappa shape index (κ3) is 3.79. The predicted octanol–water partition coefficient (Wildman–Crippen LogP) is 4.17. The molecule has 0 amide bonds. The summed E-state index contributed by atoms with van der Waals surface area (Å²) in [6.45, 7) is 2.05. The predicted molar refractivity (Wildman–Crippen MR) is 75.6 cm³/mol. The summed E-state index contributed by atoms with van der Waals surface area (Å²) < 4.78 is 1.08. The van der Waals surface area contributed by atoms with Crippen LogP contribution < -0.4 is 0 Å². The van der Waals surface area contributed by atoms with Gasteiger partial charge in [-0.1, -0.05) is 29.8 Å². The number of aryl methyl sites for hydroxylation is 1. The highest BCUT2D eigenvalue weighted by Gasteiger charge is 2.07. The fourth-order valence-electron chi connectivity index (χ4n) is 1.64. The van der Waals surface area contributed by atoms with Gasteiger partial charge in [-0.25, -0.2) is 0 Å². The van der Waals surface area contributed by atoms with Crippen LogP contribution in [0.1, 0.15) is 16.0 Å². The first kappa shape index (κ1) is 12.5. The zero-order chi connectivity index (χ0) is 12.3. The Labute approximate surface area is 114 Å². The second-order valence-corrected chi connectivity index (χ2v) is 6.63. The van der Waals surface area contributed by atoms with Gasteiger partial charge in [-0.05, 0) is 40.5 Å². The highest BCUT2D eigenvalue weighted by atomic mass is 79.9. The lowest BCUT2D eigenvalue weighted by Crippen LogP contribution is -2.05. The molecule has 0 bridgehead atoms. The maximum absolute atomic E-state index is 11.9. The quantitative estimate of drug-likeness (QED) is 0.828. The van der Waals surface area contributed by atoms with Crippen LogP contribution in [0.5, 0.6) is 0 Å². The molecule has 0 saturated carbocycles. The van der Waals surface area contributed by atoms with Gasteiger partial charge in [0.1, 0.15) is 5.78 Å². The summed E-state index contributed by atoms with van der Waals surface area (Å²) in [6.07, 6.45) is 1.06. The Bertz CT molecular complexity index is 513. The number of hydrogen-bond donors (Lipinski definition) is 0. The molecule has 0 atom stereocenters. The summed E-state index contributed by atoms with van der Waals surface area (Å²) >= 11 is 5.03. The molecule has 0 aliphatic carbocycles. The molecule has 0 saturated heterocycles. The van der Waals surface area contributed by atoms with E-state index >= 15 is 0 Å². The van der Waals surface area contributed by atoms with Crippen molar-refractivity contribution in [3.05, 3.63) is 56.2 Å². The number of hydrogen-bond acceptors (Lipinski definition) is 2. The minimum atomic E-state index is 0.267. The van der Waals surface area contributed by atoms with Gasteiger partial charge in [0.2, 0.25) is 0 Å². The third-order valence-corrected chi connectivity index (χ3v) is 4.15. The zero-order valence-electron chi connectivity index (χ0n) is 9.57. The average molecular weight is 309 g/mol. The Balaban J connectivity index is 1.95. The first-order valence-corrected chi connectivity index (χ1v) is 7.06. The van der Waals surface area contributed by atoms with Crippen molar-refractivity contribution in [2.24, 2.45) is 0 Å². The van der Waals surface area contributed by atoms with Gasteiger partial charge in [-0.2, -0.15) is 0 Å². The van der Waals surface area contributed by atoms with Gasteiger partial charge >= 0.3 is 0 Å². The topological polar surface area (TPSA) is 17.1 Å². The van der Waals surface area contributed by atoms with E-state index in [4.69, 9.17) is 0 Å². The fourth-order valence-corrected chi connectivity index (χ4v) is 3.15. The van der Waals surface area contributed by atoms with E-state index in [1.165, 1.54) is 5.56 Å². The lowest BCUT2D eigenvalue weighted by molar-refractivity contribution is -0.117. The third-order valence-electron chi connectivity index (χ3n) is 2.52. The van der Waals surface area contributed by atoms with Crippen LogP contribution in [0.25, 0.3) is 0 Å². The molecule has 0 radical (unpaired) electrons. The van der Waals surface area contributed by atoms with Gasteiger partial charge in [-0.15, -0.1) is 11.3 Å². The summed E-state index contributed by atoms with van der Waals surface area (Å²) in [6, 6.07) is 12.1. The van der Waals surface area contributed by atoms with E-state index in [0.29, 0.717) is 12.8 Å². The van der Waals surface area contributed by atoms with Crippen LogP contribution in [0.3, 0.4) is 0 Å². The summed E-state index contributed by atoms with van der Waals surface area (Å²) in [5.41, 5.74) is 2.32. The molecule has 0 aliphatic rings. The SMILES string of the molecule is Cc1ccc(CC(=O)Cc2ccc(Br)s2)cc1. The van der Waals surface area contributed by atoms with E-state index in [1.54, 1.807) is 11.3 Å². The Hall–Kier alpha value is -0.930. The van der Waals surface area contributed by atoms with Crippen molar-refractivity contribution < 1.29 is 4.79 Å². The smallest absolute Gasteiger partial charge is 0.142 e. The highest BCUT2D eigenvalue weighted by Crippen LogP contribution is 2.22. The minimum Gasteiger partial charge on any atom is -0.299 e. The molecule has 0 fully saturated rings. The van der Waals surface area contributed by atoms with Crippen molar-refractivity contribution in [2.45, 2.75) is 19.8 Å². The molecule has 17 heavy (non-hydrogen) atoms. The molecule has 0 aliphatic heterocycles. The van der Waals surface area contributed by atoms with Gasteiger partial charge in [0, 0.05) is 17.7 Å². The Morgan fingerprint density at radius 3 is 2.41 bits per heavy atom. The monoisotopic (exact) mass is 308 g/mol. The van der Waals surface area contributed by atoms with E-state index in [0.717, 1.165) is 14.2 Å². The number of Topliss-reactive ketones (excluding diaryl/α,β-unsaturated/α-hetero) is 1. The van der Waals surface area contributed by atoms with Crippen molar-refractivity contribution in [1.82, 2.24) is 0 Å². The molecule has 0 spiro atoms. The molecule has 2 aromatic rings. The van der Waals surface area contributed by atoms with Gasteiger partial charge in [0.25, 0.3) is 0 Å². The van der Waals surface area contributed by atoms with Crippen LogP contribution in [0.4, 0.5) is 0 Å². The first-order valence-electron chi connectivity index (χ1n) is 5.45. The van der Waals surface area contributed by atoms with Crippen LogP contribution in [-0.4, -0.2) is 5.78 Å². The van der Waals surface area contributed by atoms with Crippen molar-refractivity contribution in [2.75, 3.05) is 0 Å². The molecular weight excluding hydrogens is 296 g/mol. The average Bonchev–Trinajstić information content (AvgIpc) is 2.67. The maximum atomic E-state index is 11.9. The maximum Gasteiger partial charge on any atom is 0.142 e. The molecule has 0 N–H and O–H groups in total. The Kier molecular flexibility index (Phi) is 4.13. The number of carbonyl (C=O) groups excluding carboxylic acids is 1. The van der Waals surface area contributed by atoms with E-state index < -0.39 is 0 Å². The number of ketones is 1. The van der Waals surface area contributed by atoms with Crippen LogP contribution in [0.2, 0.25) is 0 Å². The van der Waals surface area contributed by atoms with Crippen LogP contribution in [0, 0.1) is 6.92 Å². The van der Waals surface area contributed by atoms with Gasteiger partial charge in [-0.3, -0.25) is 4.79 Å². The summed E-state index contributed by atoms with van der Waals surface area (Å²) in [7, 11) is 0. The highest BCUT2D eigenvalue weighted by molar-refractivity contribution is 9.11. The molecule has 1 aromatic heterocycles. The fraction of sp³-hybridized carbons (Fsp3) is 0.214. The van der Waals surface area contributed by atoms with E-state index in [-0.39, 0.29) is 5.78 Å². The van der Waals surface area contributed by atoms with Crippen LogP contribution >= 0.6 is 27.3 Å². The van der Waals surface area contributed by atoms with Crippen molar-refractivity contribution in [3.63, 3.8) is 0 Å².